The van der Waals surface area contributed by atoms with Crippen molar-refractivity contribution in [3.63, 3.8) is 0 Å². The summed E-state index contributed by atoms with van der Waals surface area (Å²) in [5, 5.41) is 15.8. The molecule has 0 saturated carbocycles. The van der Waals surface area contributed by atoms with Crippen molar-refractivity contribution in [1.82, 2.24) is 15.0 Å². The van der Waals surface area contributed by atoms with E-state index in [1.807, 2.05) is 12.1 Å². The predicted molar refractivity (Wildman–Crippen MR) is 130 cm³/mol. The molecule has 1 aromatic carbocycles. The molecule has 2 N–H and O–H groups in total. The summed E-state index contributed by atoms with van der Waals surface area (Å²) in [6.07, 6.45) is 4.75. The first-order valence-electron chi connectivity index (χ1n) is 10.3. The van der Waals surface area contributed by atoms with Gasteiger partial charge in [0.15, 0.2) is 0 Å². The van der Waals surface area contributed by atoms with Crippen molar-refractivity contribution >= 4 is 39.9 Å². The van der Waals surface area contributed by atoms with Gasteiger partial charge in [-0.15, -0.1) is 0 Å². The smallest absolute Gasteiger partial charge is 0.274 e. The third-order valence-electron chi connectivity index (χ3n) is 5.43. The molecule has 0 spiro atoms. The van der Waals surface area contributed by atoms with Crippen LogP contribution in [0.3, 0.4) is 0 Å². The number of hydrogen-bond donors (Lipinski definition) is 2. The standard InChI is InChI=1S/C25H20ClFN6O/c1-25(2,13-28)16-4-5-30-22(7-16)24(34)33-21-8-17(18(26)9-19(21)27)14-6-15-12-32-23(29-3)10-20(15)31-11-14/h4-12H,1-3H3,(H,29,32)(H,33,34). The lowest BCUT2D eigenvalue weighted by atomic mass is 9.86. The molecule has 0 aliphatic rings. The van der Waals surface area contributed by atoms with E-state index in [2.05, 4.69) is 31.7 Å². The molecule has 0 unspecified atom stereocenters. The van der Waals surface area contributed by atoms with Crippen LogP contribution in [-0.4, -0.2) is 27.9 Å². The van der Waals surface area contributed by atoms with E-state index in [4.69, 9.17) is 11.6 Å². The second-order valence-electron chi connectivity index (χ2n) is 8.17. The predicted octanol–water partition coefficient (Wildman–Crippen LogP) is 5.58. The van der Waals surface area contributed by atoms with Gasteiger partial charge in [0.25, 0.3) is 5.91 Å². The number of halogens is 2. The number of hydrogen-bond acceptors (Lipinski definition) is 6. The number of rotatable bonds is 5. The minimum Gasteiger partial charge on any atom is -0.373 e. The number of anilines is 2. The van der Waals surface area contributed by atoms with E-state index in [1.165, 1.54) is 18.3 Å². The molecule has 34 heavy (non-hydrogen) atoms. The van der Waals surface area contributed by atoms with Crippen LogP contribution in [0.15, 0.2) is 55.0 Å². The lowest BCUT2D eigenvalue weighted by Crippen LogP contribution is -2.18. The molecule has 4 aromatic rings. The van der Waals surface area contributed by atoms with Crippen LogP contribution in [0.2, 0.25) is 5.02 Å². The second-order valence-corrected chi connectivity index (χ2v) is 8.58. The summed E-state index contributed by atoms with van der Waals surface area (Å²) in [7, 11) is 1.77. The number of nitrogens with zero attached hydrogens (tertiary/aromatic N) is 4. The Bertz CT molecular complexity index is 1460. The van der Waals surface area contributed by atoms with Crippen LogP contribution < -0.4 is 10.6 Å². The Balaban J connectivity index is 1.68. The van der Waals surface area contributed by atoms with Gasteiger partial charge in [0.2, 0.25) is 0 Å². The Kier molecular flexibility index (Phi) is 6.14. The van der Waals surface area contributed by atoms with Gasteiger partial charge in [0.1, 0.15) is 17.3 Å². The first-order chi connectivity index (χ1) is 16.2. The van der Waals surface area contributed by atoms with Crippen LogP contribution in [0.4, 0.5) is 15.9 Å². The fraction of sp³-hybridized carbons (Fsp3) is 0.160. The highest BCUT2D eigenvalue weighted by molar-refractivity contribution is 6.33. The zero-order chi connectivity index (χ0) is 24.5. The van der Waals surface area contributed by atoms with Crippen LogP contribution in [-0.2, 0) is 5.41 Å². The van der Waals surface area contributed by atoms with Gasteiger partial charge in [0, 0.05) is 48.2 Å². The summed E-state index contributed by atoms with van der Waals surface area (Å²) in [5.41, 5.74) is 1.71. The summed E-state index contributed by atoms with van der Waals surface area (Å²) in [4.78, 5) is 25.6. The summed E-state index contributed by atoms with van der Waals surface area (Å²) in [6, 6.07) is 11.6. The maximum atomic E-state index is 14.7. The zero-order valence-electron chi connectivity index (χ0n) is 18.6. The van der Waals surface area contributed by atoms with E-state index < -0.39 is 17.1 Å². The van der Waals surface area contributed by atoms with Crippen LogP contribution >= 0.6 is 11.6 Å². The van der Waals surface area contributed by atoms with Gasteiger partial charge in [-0.1, -0.05) is 11.6 Å². The summed E-state index contributed by atoms with van der Waals surface area (Å²) in [6.45, 7) is 3.48. The summed E-state index contributed by atoms with van der Waals surface area (Å²) < 4.78 is 14.7. The number of carbonyl (C=O) groups is 1. The number of fused-ring (bicyclic) bond motifs is 1. The molecule has 0 bridgehead atoms. The van der Waals surface area contributed by atoms with E-state index in [-0.39, 0.29) is 16.4 Å². The number of nitrogens with one attached hydrogen (secondary N) is 2. The minimum absolute atomic E-state index is 0.0556. The van der Waals surface area contributed by atoms with E-state index in [9.17, 15) is 14.4 Å². The maximum absolute atomic E-state index is 14.7. The molecule has 170 valence electrons. The highest BCUT2D eigenvalue weighted by Gasteiger charge is 2.22. The molecule has 9 heteroatoms. The normalized spacial score (nSPS) is 11.2. The van der Waals surface area contributed by atoms with Gasteiger partial charge in [-0.05, 0) is 49.7 Å². The number of benzene rings is 1. The number of pyridine rings is 3. The Labute approximate surface area is 200 Å². The van der Waals surface area contributed by atoms with Crippen molar-refractivity contribution in [3.05, 3.63) is 77.1 Å². The molecule has 0 aliphatic heterocycles. The second kappa shape index (κ2) is 9.04. The van der Waals surface area contributed by atoms with E-state index in [1.54, 1.807) is 39.4 Å². The molecular weight excluding hydrogens is 455 g/mol. The van der Waals surface area contributed by atoms with Crippen molar-refractivity contribution in [3.8, 4) is 17.2 Å². The molecule has 3 heterocycles. The van der Waals surface area contributed by atoms with Crippen molar-refractivity contribution in [2.75, 3.05) is 17.7 Å². The average Bonchev–Trinajstić information content (AvgIpc) is 2.85. The minimum atomic E-state index is -0.803. The highest BCUT2D eigenvalue weighted by atomic mass is 35.5. The molecular formula is C25H20ClFN6O. The van der Waals surface area contributed by atoms with Crippen molar-refractivity contribution in [2.45, 2.75) is 19.3 Å². The SMILES string of the molecule is CNc1cc2ncc(-c3cc(NC(=O)c4cc(C(C)(C)C#N)ccn4)c(F)cc3Cl)cc2cn1. The number of aromatic nitrogens is 3. The molecule has 0 radical (unpaired) electrons. The lowest BCUT2D eigenvalue weighted by Gasteiger charge is -2.16. The average molecular weight is 475 g/mol. The zero-order valence-corrected chi connectivity index (χ0v) is 19.4. The third-order valence-corrected chi connectivity index (χ3v) is 5.74. The maximum Gasteiger partial charge on any atom is 0.274 e. The van der Waals surface area contributed by atoms with Gasteiger partial charge in [-0.2, -0.15) is 5.26 Å². The van der Waals surface area contributed by atoms with Gasteiger partial charge >= 0.3 is 0 Å². The van der Waals surface area contributed by atoms with Crippen LogP contribution in [0.5, 0.6) is 0 Å². The van der Waals surface area contributed by atoms with E-state index in [0.29, 0.717) is 22.5 Å². The first kappa shape index (κ1) is 23.1. The van der Waals surface area contributed by atoms with E-state index >= 15 is 0 Å². The Hall–Kier alpha value is -4.09. The van der Waals surface area contributed by atoms with Crippen LogP contribution in [0.1, 0.15) is 29.9 Å². The van der Waals surface area contributed by atoms with Crippen molar-refractivity contribution in [1.29, 1.82) is 5.26 Å². The number of carbonyl (C=O) groups excluding carboxylic acids is 1. The van der Waals surface area contributed by atoms with Crippen molar-refractivity contribution < 1.29 is 9.18 Å². The topological polar surface area (TPSA) is 104 Å². The molecule has 1 amide bonds. The molecule has 3 aromatic heterocycles. The Morgan fingerprint density at radius 3 is 2.65 bits per heavy atom. The number of amides is 1. The van der Waals surface area contributed by atoms with Crippen LogP contribution in [0.25, 0.3) is 22.0 Å². The Morgan fingerprint density at radius 1 is 1.12 bits per heavy atom. The van der Waals surface area contributed by atoms with Crippen molar-refractivity contribution in [2.24, 2.45) is 0 Å². The molecule has 0 aliphatic carbocycles. The monoisotopic (exact) mass is 474 g/mol. The molecule has 4 rings (SSSR count). The highest BCUT2D eigenvalue weighted by Crippen LogP contribution is 2.34. The largest absolute Gasteiger partial charge is 0.373 e. The summed E-state index contributed by atoms with van der Waals surface area (Å²) >= 11 is 6.33. The molecule has 0 saturated heterocycles. The quantitative estimate of drug-likeness (QED) is 0.391. The van der Waals surface area contributed by atoms with Gasteiger partial charge < -0.3 is 10.6 Å². The van der Waals surface area contributed by atoms with Crippen LogP contribution in [0, 0.1) is 17.1 Å². The fourth-order valence-electron chi connectivity index (χ4n) is 3.37. The Morgan fingerprint density at radius 2 is 1.91 bits per heavy atom. The van der Waals surface area contributed by atoms with Gasteiger partial charge in [0.05, 0.1) is 27.7 Å². The summed E-state index contributed by atoms with van der Waals surface area (Å²) in [5.74, 6) is -0.610. The van der Waals surface area contributed by atoms with Gasteiger partial charge in [-0.3, -0.25) is 14.8 Å². The molecule has 0 atom stereocenters. The number of nitriles is 1. The molecule has 7 nitrogen and oxygen atoms in total. The first-order valence-corrected chi connectivity index (χ1v) is 10.7. The molecule has 0 fully saturated rings. The lowest BCUT2D eigenvalue weighted by molar-refractivity contribution is 0.102. The van der Waals surface area contributed by atoms with Gasteiger partial charge in [-0.25, -0.2) is 9.37 Å². The van der Waals surface area contributed by atoms with E-state index in [0.717, 1.165) is 17.0 Å². The fourth-order valence-corrected chi connectivity index (χ4v) is 3.63. The third kappa shape index (κ3) is 4.51.